The minimum absolute atomic E-state index is 0.0310. The van der Waals surface area contributed by atoms with Crippen molar-refractivity contribution in [1.29, 1.82) is 0 Å². The van der Waals surface area contributed by atoms with Crippen molar-refractivity contribution in [2.24, 2.45) is 0 Å². The van der Waals surface area contributed by atoms with Crippen molar-refractivity contribution in [3.8, 4) is 0 Å². The highest BCUT2D eigenvalue weighted by atomic mass is 35.5. The number of alkyl carbamates (subject to hydrolysis) is 1. The molecule has 8 heteroatoms. The van der Waals surface area contributed by atoms with E-state index in [0.717, 1.165) is 5.56 Å². The van der Waals surface area contributed by atoms with Gasteiger partial charge in [0.05, 0.1) is 6.42 Å². The summed E-state index contributed by atoms with van der Waals surface area (Å²) in [4.78, 5) is 40.0. The lowest BCUT2D eigenvalue weighted by molar-refractivity contribution is -0.132. The molecule has 0 spiro atoms. The monoisotopic (exact) mass is 409 g/mol. The Kier molecular flexibility index (Phi) is 7.69. The predicted molar refractivity (Wildman–Crippen MR) is 107 cm³/mol. The molecule has 1 aromatic carbocycles. The van der Waals surface area contributed by atoms with Crippen LogP contribution in [0.1, 0.15) is 32.8 Å². The number of carbonyl (C=O) groups excluding carboxylic acids is 3. The van der Waals surface area contributed by atoms with E-state index in [9.17, 15) is 14.4 Å². The van der Waals surface area contributed by atoms with Crippen molar-refractivity contribution in [2.75, 3.05) is 32.7 Å². The molecule has 1 aliphatic heterocycles. The fourth-order valence-corrected chi connectivity index (χ4v) is 3.00. The van der Waals surface area contributed by atoms with Gasteiger partial charge in [-0.3, -0.25) is 9.59 Å². The van der Waals surface area contributed by atoms with Crippen molar-refractivity contribution in [3.63, 3.8) is 0 Å². The van der Waals surface area contributed by atoms with E-state index in [-0.39, 0.29) is 18.4 Å². The molecular weight excluding hydrogens is 382 g/mol. The van der Waals surface area contributed by atoms with Gasteiger partial charge in [0.25, 0.3) is 0 Å². The lowest BCUT2D eigenvalue weighted by Gasteiger charge is -2.23. The molecule has 1 heterocycles. The summed E-state index contributed by atoms with van der Waals surface area (Å²) in [5, 5.41) is 3.12. The standard InChI is InChI=1S/C20H28ClN3O4/c1-20(2,3)28-19(27)22-14-18(26)24-10-4-9-23(11-12-24)17(25)13-15-5-7-16(21)8-6-15/h5-8H,4,9-14H2,1-3H3,(H,22,27). The Bertz CT molecular complexity index is 700. The first kappa shape index (κ1) is 22.0. The topological polar surface area (TPSA) is 79.0 Å². The second kappa shape index (κ2) is 9.78. The zero-order valence-corrected chi connectivity index (χ0v) is 17.4. The van der Waals surface area contributed by atoms with Crippen LogP contribution in [0.4, 0.5) is 4.79 Å². The van der Waals surface area contributed by atoms with Gasteiger partial charge in [-0.1, -0.05) is 23.7 Å². The van der Waals surface area contributed by atoms with Crippen molar-refractivity contribution in [1.82, 2.24) is 15.1 Å². The molecule has 28 heavy (non-hydrogen) atoms. The maximum absolute atomic E-state index is 12.5. The number of benzene rings is 1. The molecule has 0 aliphatic carbocycles. The first-order valence-electron chi connectivity index (χ1n) is 9.41. The fourth-order valence-electron chi connectivity index (χ4n) is 2.88. The molecule has 0 saturated carbocycles. The molecule has 1 saturated heterocycles. The van der Waals surface area contributed by atoms with E-state index in [2.05, 4.69) is 5.32 Å². The maximum Gasteiger partial charge on any atom is 0.408 e. The molecule has 2 rings (SSSR count). The highest BCUT2D eigenvalue weighted by Crippen LogP contribution is 2.12. The van der Waals surface area contributed by atoms with Gasteiger partial charge in [-0.2, -0.15) is 0 Å². The Morgan fingerprint density at radius 3 is 2.14 bits per heavy atom. The van der Waals surface area contributed by atoms with Crippen LogP contribution in [-0.4, -0.2) is 66.0 Å². The second-order valence-electron chi connectivity index (χ2n) is 7.77. The number of carbonyl (C=O) groups is 3. The van der Waals surface area contributed by atoms with Crippen LogP contribution in [0.2, 0.25) is 5.02 Å². The Morgan fingerprint density at radius 2 is 1.57 bits per heavy atom. The van der Waals surface area contributed by atoms with Crippen LogP contribution in [0.3, 0.4) is 0 Å². The Labute approximate surface area is 171 Å². The number of rotatable bonds is 4. The molecule has 1 N–H and O–H groups in total. The molecule has 154 valence electrons. The van der Waals surface area contributed by atoms with Crippen molar-refractivity contribution >= 4 is 29.5 Å². The van der Waals surface area contributed by atoms with Crippen LogP contribution in [0, 0.1) is 0 Å². The van der Waals surface area contributed by atoms with Gasteiger partial charge in [-0.15, -0.1) is 0 Å². The molecule has 1 aliphatic rings. The number of nitrogens with zero attached hydrogens (tertiary/aromatic N) is 2. The molecular formula is C20H28ClN3O4. The van der Waals surface area contributed by atoms with Crippen molar-refractivity contribution in [3.05, 3.63) is 34.9 Å². The van der Waals surface area contributed by atoms with Crippen molar-refractivity contribution in [2.45, 2.75) is 39.2 Å². The number of nitrogens with one attached hydrogen (secondary N) is 1. The molecule has 1 fully saturated rings. The van der Waals surface area contributed by atoms with Crippen molar-refractivity contribution < 1.29 is 19.1 Å². The first-order chi connectivity index (χ1) is 13.1. The van der Waals surface area contributed by atoms with Gasteiger partial charge in [0.2, 0.25) is 11.8 Å². The Balaban J connectivity index is 1.80. The molecule has 0 bridgehead atoms. The van der Waals surface area contributed by atoms with E-state index < -0.39 is 11.7 Å². The van der Waals surface area contributed by atoms with Crippen LogP contribution >= 0.6 is 11.6 Å². The summed E-state index contributed by atoms with van der Waals surface area (Å²) in [6, 6.07) is 7.22. The number of hydrogen-bond donors (Lipinski definition) is 1. The van der Waals surface area contributed by atoms with E-state index in [1.165, 1.54) is 0 Å². The van der Waals surface area contributed by atoms with Gasteiger partial charge in [0, 0.05) is 31.2 Å². The third kappa shape index (κ3) is 7.38. The fraction of sp³-hybridized carbons (Fsp3) is 0.550. The van der Waals surface area contributed by atoms with Crippen LogP contribution in [0.5, 0.6) is 0 Å². The normalized spacial score (nSPS) is 15.0. The quantitative estimate of drug-likeness (QED) is 0.828. The number of ether oxygens (including phenoxy) is 1. The first-order valence-corrected chi connectivity index (χ1v) is 9.79. The third-order valence-electron chi connectivity index (χ3n) is 4.25. The average molecular weight is 410 g/mol. The van der Waals surface area contributed by atoms with Crippen LogP contribution in [0.15, 0.2) is 24.3 Å². The number of amides is 3. The maximum atomic E-state index is 12.5. The Morgan fingerprint density at radius 1 is 1.00 bits per heavy atom. The summed E-state index contributed by atoms with van der Waals surface area (Å²) < 4.78 is 5.13. The predicted octanol–water partition coefficient (Wildman–Crippen LogP) is 2.47. The SMILES string of the molecule is CC(C)(C)OC(=O)NCC(=O)N1CCCN(C(=O)Cc2ccc(Cl)cc2)CC1. The molecule has 0 unspecified atom stereocenters. The summed E-state index contributed by atoms with van der Waals surface area (Å²) >= 11 is 5.87. The Hall–Kier alpha value is -2.28. The van der Waals surface area contributed by atoms with E-state index in [0.29, 0.717) is 44.0 Å². The largest absolute Gasteiger partial charge is 0.444 e. The molecule has 7 nitrogen and oxygen atoms in total. The van der Waals surface area contributed by atoms with Gasteiger partial charge in [-0.05, 0) is 44.9 Å². The summed E-state index contributed by atoms with van der Waals surface area (Å²) in [5.74, 6) is -0.152. The lowest BCUT2D eigenvalue weighted by Crippen LogP contribution is -2.43. The van der Waals surface area contributed by atoms with E-state index in [4.69, 9.17) is 16.3 Å². The molecule has 0 radical (unpaired) electrons. The number of halogens is 1. The molecule has 3 amide bonds. The summed E-state index contributed by atoms with van der Waals surface area (Å²) in [6.07, 6.45) is 0.394. The van der Waals surface area contributed by atoms with Gasteiger partial charge in [0.15, 0.2) is 0 Å². The molecule has 0 aromatic heterocycles. The lowest BCUT2D eigenvalue weighted by atomic mass is 10.1. The highest BCUT2D eigenvalue weighted by molar-refractivity contribution is 6.30. The minimum Gasteiger partial charge on any atom is -0.444 e. The second-order valence-corrected chi connectivity index (χ2v) is 8.21. The zero-order chi connectivity index (χ0) is 20.7. The van der Waals surface area contributed by atoms with E-state index in [1.807, 2.05) is 12.1 Å². The highest BCUT2D eigenvalue weighted by Gasteiger charge is 2.23. The van der Waals surface area contributed by atoms with E-state index in [1.54, 1.807) is 42.7 Å². The van der Waals surface area contributed by atoms with Gasteiger partial charge in [-0.25, -0.2) is 4.79 Å². The summed E-state index contributed by atoms with van der Waals surface area (Å²) in [5.41, 5.74) is 0.300. The zero-order valence-electron chi connectivity index (χ0n) is 16.7. The van der Waals surface area contributed by atoms with Gasteiger partial charge < -0.3 is 19.9 Å². The number of hydrogen-bond acceptors (Lipinski definition) is 4. The van der Waals surface area contributed by atoms with Crippen LogP contribution in [-0.2, 0) is 20.7 Å². The van der Waals surface area contributed by atoms with Crippen LogP contribution in [0.25, 0.3) is 0 Å². The van der Waals surface area contributed by atoms with E-state index >= 15 is 0 Å². The summed E-state index contributed by atoms with van der Waals surface area (Å²) in [6.45, 7) is 7.26. The van der Waals surface area contributed by atoms with Gasteiger partial charge in [0.1, 0.15) is 12.1 Å². The molecule has 0 atom stereocenters. The third-order valence-corrected chi connectivity index (χ3v) is 4.50. The summed E-state index contributed by atoms with van der Waals surface area (Å²) in [7, 11) is 0. The average Bonchev–Trinajstić information content (AvgIpc) is 2.86. The minimum atomic E-state index is -0.615. The van der Waals surface area contributed by atoms with Gasteiger partial charge >= 0.3 is 6.09 Å². The molecule has 1 aromatic rings. The van der Waals surface area contributed by atoms with Crippen LogP contribution < -0.4 is 5.32 Å². The smallest absolute Gasteiger partial charge is 0.408 e.